The smallest absolute Gasteiger partial charge is 0.251 e. The van der Waals surface area contributed by atoms with Gasteiger partial charge in [-0.15, -0.1) is 0 Å². The molecule has 0 aliphatic heterocycles. The number of carbonyl (C=O) groups is 1. The van der Waals surface area contributed by atoms with Crippen LogP contribution in [0.5, 0.6) is 0 Å². The van der Waals surface area contributed by atoms with E-state index in [1.807, 2.05) is 24.3 Å². The summed E-state index contributed by atoms with van der Waals surface area (Å²) in [4.78, 5) is 13.9. The number of hydrogen-bond acceptors (Lipinski definition) is 2. The fraction of sp³-hybridized carbons (Fsp3) is 0.462. The topological polar surface area (TPSA) is 32.3 Å². The van der Waals surface area contributed by atoms with Crippen LogP contribution in [0.1, 0.15) is 23.2 Å². The molecule has 0 heterocycles. The third-order valence-electron chi connectivity index (χ3n) is 2.40. The van der Waals surface area contributed by atoms with Gasteiger partial charge in [-0.25, -0.2) is 0 Å². The molecule has 0 spiro atoms. The van der Waals surface area contributed by atoms with E-state index in [0.717, 1.165) is 35.1 Å². The molecule has 0 unspecified atom stereocenters. The number of halogens is 1. The Morgan fingerprint density at radius 3 is 2.76 bits per heavy atom. The average Bonchev–Trinajstić information content (AvgIpc) is 2.28. The number of hydrogen-bond donors (Lipinski definition) is 1. The van der Waals surface area contributed by atoms with Crippen molar-refractivity contribution in [1.82, 2.24) is 10.2 Å². The number of benzene rings is 1. The van der Waals surface area contributed by atoms with E-state index in [0.29, 0.717) is 0 Å². The Bertz CT molecular complexity index is 366. The lowest BCUT2D eigenvalue weighted by atomic mass is 10.2. The summed E-state index contributed by atoms with van der Waals surface area (Å²) in [7, 11) is 4.12. The van der Waals surface area contributed by atoms with E-state index >= 15 is 0 Å². The van der Waals surface area contributed by atoms with E-state index in [2.05, 4.69) is 46.9 Å². The first-order valence-electron chi connectivity index (χ1n) is 5.78. The minimum Gasteiger partial charge on any atom is -0.352 e. The normalized spacial score (nSPS) is 10.6. The number of rotatable bonds is 6. The summed E-state index contributed by atoms with van der Waals surface area (Å²) in [5.41, 5.74) is 0.740. The van der Waals surface area contributed by atoms with Gasteiger partial charge in [-0.05, 0) is 74.3 Å². The Morgan fingerprint density at radius 1 is 1.35 bits per heavy atom. The van der Waals surface area contributed by atoms with Crippen molar-refractivity contribution in [3.05, 3.63) is 33.4 Å². The molecule has 1 amide bonds. The third kappa shape index (κ3) is 6.02. The van der Waals surface area contributed by atoms with Crippen LogP contribution in [-0.4, -0.2) is 38.0 Å². The molecule has 1 aromatic rings. The second-order valence-corrected chi connectivity index (χ2v) is 5.52. The van der Waals surface area contributed by atoms with Gasteiger partial charge in [0, 0.05) is 15.7 Å². The largest absolute Gasteiger partial charge is 0.352 e. The fourth-order valence-electron chi connectivity index (χ4n) is 1.49. The van der Waals surface area contributed by atoms with E-state index in [9.17, 15) is 4.79 Å². The predicted octanol–water partition coefficient (Wildman–Crippen LogP) is 2.36. The first kappa shape index (κ1) is 14.4. The van der Waals surface area contributed by atoms with E-state index in [1.165, 1.54) is 0 Å². The monoisotopic (exact) mass is 346 g/mol. The second-order valence-electron chi connectivity index (χ2n) is 4.28. The lowest BCUT2D eigenvalue weighted by Gasteiger charge is -2.09. The number of nitrogens with one attached hydrogen (secondary N) is 1. The Labute approximate surface area is 117 Å². The van der Waals surface area contributed by atoms with Crippen LogP contribution >= 0.6 is 22.6 Å². The van der Waals surface area contributed by atoms with Crippen LogP contribution in [0, 0.1) is 3.57 Å². The van der Waals surface area contributed by atoms with E-state index in [-0.39, 0.29) is 5.91 Å². The summed E-state index contributed by atoms with van der Waals surface area (Å²) in [5.74, 6) is 0.0216. The quantitative estimate of drug-likeness (QED) is 0.634. The molecule has 4 heteroatoms. The summed E-state index contributed by atoms with van der Waals surface area (Å²) < 4.78 is 1.09. The van der Waals surface area contributed by atoms with Crippen molar-refractivity contribution >= 4 is 28.5 Å². The molecule has 1 aromatic carbocycles. The highest BCUT2D eigenvalue weighted by molar-refractivity contribution is 14.1. The van der Waals surface area contributed by atoms with Crippen LogP contribution in [0.2, 0.25) is 0 Å². The minimum atomic E-state index is 0.0216. The Morgan fingerprint density at radius 2 is 2.12 bits per heavy atom. The Balaban J connectivity index is 2.26. The van der Waals surface area contributed by atoms with Crippen LogP contribution in [0.4, 0.5) is 0 Å². The zero-order chi connectivity index (χ0) is 12.7. The van der Waals surface area contributed by atoms with Crippen LogP contribution in [0.3, 0.4) is 0 Å². The maximum absolute atomic E-state index is 11.8. The number of unbranched alkanes of at least 4 members (excludes halogenated alkanes) is 1. The highest BCUT2D eigenvalue weighted by atomic mass is 127. The maximum atomic E-state index is 11.8. The zero-order valence-corrected chi connectivity index (χ0v) is 12.5. The predicted molar refractivity (Wildman–Crippen MR) is 79.3 cm³/mol. The highest BCUT2D eigenvalue weighted by Gasteiger charge is 2.04. The number of amides is 1. The molecule has 0 saturated heterocycles. The second kappa shape index (κ2) is 7.66. The third-order valence-corrected chi connectivity index (χ3v) is 3.08. The summed E-state index contributed by atoms with van der Waals surface area (Å²) in [6, 6.07) is 7.63. The standard InChI is InChI=1S/C13H19IN2O/c1-16(2)9-4-3-8-15-13(17)11-6-5-7-12(14)10-11/h5-7,10H,3-4,8-9H2,1-2H3,(H,15,17). The molecule has 1 rings (SSSR count). The number of nitrogens with zero attached hydrogens (tertiary/aromatic N) is 1. The van der Waals surface area contributed by atoms with Crippen molar-refractivity contribution < 1.29 is 4.79 Å². The molecule has 0 atom stereocenters. The first-order chi connectivity index (χ1) is 8.09. The Kier molecular flexibility index (Phi) is 6.50. The molecule has 0 bridgehead atoms. The van der Waals surface area contributed by atoms with Gasteiger partial charge in [-0.2, -0.15) is 0 Å². The molecule has 0 aliphatic carbocycles. The summed E-state index contributed by atoms with van der Waals surface area (Å²) in [6.07, 6.45) is 2.13. The van der Waals surface area contributed by atoms with Gasteiger partial charge in [0.05, 0.1) is 0 Å². The van der Waals surface area contributed by atoms with Gasteiger partial charge in [-0.3, -0.25) is 4.79 Å². The number of carbonyl (C=O) groups excluding carboxylic acids is 1. The fourth-order valence-corrected chi connectivity index (χ4v) is 2.03. The van der Waals surface area contributed by atoms with Gasteiger partial charge in [0.15, 0.2) is 0 Å². The van der Waals surface area contributed by atoms with Gasteiger partial charge in [0.25, 0.3) is 5.91 Å². The maximum Gasteiger partial charge on any atom is 0.251 e. The lowest BCUT2D eigenvalue weighted by molar-refractivity contribution is 0.0952. The van der Waals surface area contributed by atoms with E-state index < -0.39 is 0 Å². The molecule has 94 valence electrons. The summed E-state index contributed by atoms with van der Waals surface area (Å²) in [5, 5.41) is 2.94. The van der Waals surface area contributed by atoms with Crippen molar-refractivity contribution in [3.63, 3.8) is 0 Å². The van der Waals surface area contributed by atoms with Gasteiger partial charge in [0.1, 0.15) is 0 Å². The molecule has 17 heavy (non-hydrogen) atoms. The summed E-state index contributed by atoms with van der Waals surface area (Å²) in [6.45, 7) is 1.82. The van der Waals surface area contributed by atoms with Gasteiger partial charge in [0.2, 0.25) is 0 Å². The molecule has 0 fully saturated rings. The molecule has 0 aromatic heterocycles. The minimum absolute atomic E-state index is 0.0216. The van der Waals surface area contributed by atoms with Crippen LogP contribution in [0.15, 0.2) is 24.3 Å². The van der Waals surface area contributed by atoms with Gasteiger partial charge >= 0.3 is 0 Å². The van der Waals surface area contributed by atoms with Crippen LogP contribution in [0.25, 0.3) is 0 Å². The average molecular weight is 346 g/mol. The van der Waals surface area contributed by atoms with Crippen LogP contribution in [-0.2, 0) is 0 Å². The van der Waals surface area contributed by atoms with Crippen molar-refractivity contribution in [2.75, 3.05) is 27.2 Å². The molecule has 0 radical (unpaired) electrons. The van der Waals surface area contributed by atoms with Gasteiger partial charge in [-0.1, -0.05) is 6.07 Å². The van der Waals surface area contributed by atoms with E-state index in [4.69, 9.17) is 0 Å². The molecule has 1 N–H and O–H groups in total. The summed E-state index contributed by atoms with van der Waals surface area (Å²) >= 11 is 2.21. The SMILES string of the molecule is CN(C)CCCCNC(=O)c1cccc(I)c1. The highest BCUT2D eigenvalue weighted by Crippen LogP contribution is 2.07. The van der Waals surface area contributed by atoms with Crippen molar-refractivity contribution in [3.8, 4) is 0 Å². The van der Waals surface area contributed by atoms with E-state index in [1.54, 1.807) is 0 Å². The van der Waals surface area contributed by atoms with Crippen molar-refractivity contribution in [2.45, 2.75) is 12.8 Å². The molecular weight excluding hydrogens is 327 g/mol. The first-order valence-corrected chi connectivity index (χ1v) is 6.86. The van der Waals surface area contributed by atoms with Crippen LogP contribution < -0.4 is 5.32 Å². The lowest BCUT2D eigenvalue weighted by Crippen LogP contribution is -2.25. The molecular formula is C13H19IN2O. The van der Waals surface area contributed by atoms with Gasteiger partial charge < -0.3 is 10.2 Å². The molecule has 0 saturated carbocycles. The van der Waals surface area contributed by atoms with Crippen molar-refractivity contribution in [1.29, 1.82) is 0 Å². The molecule has 3 nitrogen and oxygen atoms in total. The Hall–Kier alpha value is -0.620. The molecule has 0 aliphatic rings. The van der Waals surface area contributed by atoms with Crippen molar-refractivity contribution in [2.24, 2.45) is 0 Å². The zero-order valence-electron chi connectivity index (χ0n) is 10.4.